The van der Waals surface area contributed by atoms with Crippen LogP contribution in [-0.4, -0.2) is 62.6 Å². The van der Waals surface area contributed by atoms with Crippen molar-refractivity contribution in [3.63, 3.8) is 0 Å². The molecule has 10 heteroatoms. The van der Waals surface area contributed by atoms with Crippen molar-refractivity contribution in [1.29, 1.82) is 0 Å². The molecule has 0 radical (unpaired) electrons. The summed E-state index contributed by atoms with van der Waals surface area (Å²) in [5.74, 6) is -0.971. The number of aliphatic carboxylic acids is 1. The maximum atomic E-state index is 11.9. The average molecular weight is 273 g/mol. The SMILES string of the molecule is O=C(O)CC1COCCN1C(=O)Nc1nnns1. The van der Waals surface area contributed by atoms with Crippen molar-refractivity contribution >= 4 is 28.7 Å². The molecule has 2 amide bonds. The molecule has 1 aromatic rings. The molecule has 1 unspecified atom stereocenters. The largest absolute Gasteiger partial charge is 0.481 e. The van der Waals surface area contributed by atoms with Crippen molar-refractivity contribution < 1.29 is 19.4 Å². The number of rotatable bonds is 3. The molecule has 0 bridgehead atoms. The number of carbonyl (C=O) groups excluding carboxylic acids is 1. The van der Waals surface area contributed by atoms with E-state index in [9.17, 15) is 9.59 Å². The highest BCUT2D eigenvalue weighted by Gasteiger charge is 2.29. The van der Waals surface area contributed by atoms with E-state index in [2.05, 4.69) is 20.1 Å². The molecule has 0 aliphatic carbocycles. The molecule has 1 aliphatic rings. The third-order valence-corrected chi connectivity index (χ3v) is 2.92. The molecule has 18 heavy (non-hydrogen) atoms. The minimum atomic E-state index is -0.971. The van der Waals surface area contributed by atoms with Gasteiger partial charge in [0.2, 0.25) is 5.13 Å². The van der Waals surface area contributed by atoms with Gasteiger partial charge in [-0.2, -0.15) is 0 Å². The first kappa shape index (κ1) is 12.6. The smallest absolute Gasteiger partial charge is 0.324 e. The lowest BCUT2D eigenvalue weighted by Crippen LogP contribution is -2.51. The minimum absolute atomic E-state index is 0.151. The summed E-state index contributed by atoms with van der Waals surface area (Å²) in [6.07, 6.45) is -0.151. The lowest BCUT2D eigenvalue weighted by Gasteiger charge is -2.34. The highest BCUT2D eigenvalue weighted by molar-refractivity contribution is 7.09. The summed E-state index contributed by atoms with van der Waals surface area (Å²) in [7, 11) is 0. The first-order valence-corrected chi connectivity index (χ1v) is 5.96. The lowest BCUT2D eigenvalue weighted by atomic mass is 10.1. The number of anilines is 1. The number of hydrogen-bond acceptors (Lipinski definition) is 7. The van der Waals surface area contributed by atoms with Gasteiger partial charge in [0.1, 0.15) is 0 Å². The Morgan fingerprint density at radius 2 is 2.44 bits per heavy atom. The summed E-state index contributed by atoms with van der Waals surface area (Å²) < 4.78 is 8.69. The Morgan fingerprint density at radius 1 is 1.61 bits per heavy atom. The Labute approximate surface area is 106 Å². The molecule has 2 heterocycles. The fourth-order valence-electron chi connectivity index (χ4n) is 1.64. The van der Waals surface area contributed by atoms with Gasteiger partial charge in [0.05, 0.1) is 25.7 Å². The number of aromatic nitrogens is 3. The van der Waals surface area contributed by atoms with Crippen LogP contribution in [-0.2, 0) is 9.53 Å². The van der Waals surface area contributed by atoms with E-state index >= 15 is 0 Å². The normalized spacial score (nSPS) is 19.6. The van der Waals surface area contributed by atoms with Gasteiger partial charge < -0.3 is 14.7 Å². The number of nitrogens with zero attached hydrogens (tertiary/aromatic N) is 4. The van der Waals surface area contributed by atoms with Gasteiger partial charge in [-0.3, -0.25) is 10.1 Å². The molecular weight excluding hydrogens is 262 g/mol. The number of hydrogen-bond donors (Lipinski definition) is 2. The van der Waals surface area contributed by atoms with Crippen LogP contribution in [0.3, 0.4) is 0 Å². The Hall–Kier alpha value is -1.81. The van der Waals surface area contributed by atoms with E-state index in [1.165, 1.54) is 4.90 Å². The van der Waals surface area contributed by atoms with Crippen LogP contribution in [0.2, 0.25) is 0 Å². The number of ether oxygens (including phenoxy) is 1. The Morgan fingerprint density at radius 3 is 3.11 bits per heavy atom. The van der Waals surface area contributed by atoms with Crippen LogP contribution >= 0.6 is 11.5 Å². The summed E-state index contributed by atoms with van der Waals surface area (Å²) in [5.41, 5.74) is 0. The first-order chi connectivity index (χ1) is 8.66. The van der Waals surface area contributed by atoms with E-state index in [0.29, 0.717) is 13.2 Å². The number of carbonyl (C=O) groups is 2. The van der Waals surface area contributed by atoms with Gasteiger partial charge in [0, 0.05) is 18.1 Å². The van der Waals surface area contributed by atoms with E-state index in [1.807, 2.05) is 0 Å². The van der Waals surface area contributed by atoms with E-state index in [4.69, 9.17) is 9.84 Å². The minimum Gasteiger partial charge on any atom is -0.481 e. The first-order valence-electron chi connectivity index (χ1n) is 5.19. The number of carboxylic acids is 1. The van der Waals surface area contributed by atoms with Crippen molar-refractivity contribution in [2.45, 2.75) is 12.5 Å². The predicted octanol–water partition coefficient (Wildman–Crippen LogP) is -0.360. The number of amides is 2. The molecule has 2 rings (SSSR count). The monoisotopic (exact) mass is 273 g/mol. The molecule has 1 aliphatic heterocycles. The highest BCUT2D eigenvalue weighted by Crippen LogP contribution is 2.14. The van der Waals surface area contributed by atoms with Gasteiger partial charge >= 0.3 is 12.0 Å². The zero-order chi connectivity index (χ0) is 13.0. The van der Waals surface area contributed by atoms with Crippen LogP contribution in [0.1, 0.15) is 6.42 Å². The van der Waals surface area contributed by atoms with Crippen molar-refractivity contribution in [2.75, 3.05) is 25.1 Å². The molecule has 98 valence electrons. The van der Waals surface area contributed by atoms with Gasteiger partial charge in [-0.25, -0.2) is 4.79 Å². The molecule has 2 N–H and O–H groups in total. The fourth-order valence-corrected chi connectivity index (χ4v) is 1.99. The quantitative estimate of drug-likeness (QED) is 0.772. The van der Waals surface area contributed by atoms with Gasteiger partial charge in [-0.15, -0.1) is 0 Å². The highest BCUT2D eigenvalue weighted by atomic mass is 32.1. The number of carboxylic acid groups (broad SMARTS) is 1. The Balaban J connectivity index is 1.99. The maximum Gasteiger partial charge on any atom is 0.324 e. The second-order valence-electron chi connectivity index (χ2n) is 3.62. The van der Waals surface area contributed by atoms with Crippen LogP contribution in [0.5, 0.6) is 0 Å². The molecule has 9 nitrogen and oxygen atoms in total. The zero-order valence-corrected chi connectivity index (χ0v) is 10.1. The average Bonchev–Trinajstić information content (AvgIpc) is 2.81. The van der Waals surface area contributed by atoms with Crippen LogP contribution in [0.25, 0.3) is 0 Å². The standard InChI is InChI=1S/C8H11N5O4S/c14-6(15)3-5-4-17-2-1-13(5)8(16)9-7-10-11-12-18-7/h5H,1-4H2,(H,14,15)(H,9,10,12,16). The molecule has 0 aromatic carbocycles. The van der Waals surface area contributed by atoms with Crippen LogP contribution < -0.4 is 5.32 Å². The van der Waals surface area contributed by atoms with Crippen LogP contribution in [0.15, 0.2) is 0 Å². The topological polar surface area (TPSA) is 118 Å². The van der Waals surface area contributed by atoms with Crippen LogP contribution in [0.4, 0.5) is 9.93 Å². The second-order valence-corrected chi connectivity index (χ2v) is 4.35. The van der Waals surface area contributed by atoms with Crippen molar-refractivity contribution in [3.05, 3.63) is 0 Å². The molecular formula is C8H11N5O4S. The van der Waals surface area contributed by atoms with Crippen molar-refractivity contribution in [1.82, 2.24) is 19.7 Å². The van der Waals surface area contributed by atoms with Crippen molar-refractivity contribution in [3.8, 4) is 0 Å². The number of urea groups is 1. The van der Waals surface area contributed by atoms with Crippen molar-refractivity contribution in [2.24, 2.45) is 0 Å². The predicted molar refractivity (Wildman–Crippen MR) is 60.3 cm³/mol. The van der Waals surface area contributed by atoms with E-state index in [0.717, 1.165) is 11.5 Å². The second kappa shape index (κ2) is 5.69. The molecule has 1 fully saturated rings. The molecule has 0 saturated carbocycles. The summed E-state index contributed by atoms with van der Waals surface area (Å²) in [5, 5.41) is 18.5. The molecule has 0 spiro atoms. The third kappa shape index (κ3) is 3.11. The summed E-state index contributed by atoms with van der Waals surface area (Å²) in [6, 6.07) is -0.889. The molecule has 1 saturated heterocycles. The Kier molecular flexibility index (Phi) is 3.99. The van der Waals surface area contributed by atoms with Gasteiger partial charge in [0.15, 0.2) is 0 Å². The maximum absolute atomic E-state index is 11.9. The summed E-state index contributed by atoms with van der Waals surface area (Å²) >= 11 is 0.952. The Bertz CT molecular complexity index is 425. The van der Waals surface area contributed by atoms with E-state index in [-0.39, 0.29) is 18.2 Å². The molecule has 1 aromatic heterocycles. The van der Waals surface area contributed by atoms with Gasteiger partial charge in [0.25, 0.3) is 0 Å². The fraction of sp³-hybridized carbons (Fsp3) is 0.625. The third-order valence-electron chi connectivity index (χ3n) is 2.41. The summed E-state index contributed by atoms with van der Waals surface area (Å²) in [4.78, 5) is 24.1. The van der Waals surface area contributed by atoms with E-state index < -0.39 is 18.0 Å². The number of morpholine rings is 1. The molecule has 1 atom stereocenters. The zero-order valence-electron chi connectivity index (χ0n) is 9.27. The van der Waals surface area contributed by atoms with Gasteiger partial charge in [-0.05, 0) is 5.21 Å². The van der Waals surface area contributed by atoms with Crippen LogP contribution in [0, 0.1) is 0 Å². The van der Waals surface area contributed by atoms with Gasteiger partial charge in [-0.1, -0.05) is 9.59 Å². The van der Waals surface area contributed by atoms with E-state index in [1.54, 1.807) is 0 Å². The number of nitrogens with one attached hydrogen (secondary N) is 1. The lowest BCUT2D eigenvalue weighted by molar-refractivity contribution is -0.139. The summed E-state index contributed by atoms with van der Waals surface area (Å²) in [6.45, 7) is 0.946.